The molecule has 0 radical (unpaired) electrons. The quantitative estimate of drug-likeness (QED) is 0.653. The summed E-state index contributed by atoms with van der Waals surface area (Å²) >= 11 is 0. The van der Waals surface area contributed by atoms with Crippen molar-refractivity contribution in [1.82, 2.24) is 15.1 Å². The number of hydrogen-bond acceptors (Lipinski definition) is 6. The first kappa shape index (κ1) is 19.1. The average molecular weight is 381 g/mol. The van der Waals surface area contributed by atoms with Crippen molar-refractivity contribution in [2.45, 2.75) is 6.54 Å². The van der Waals surface area contributed by atoms with Crippen LogP contribution in [0.4, 0.5) is 0 Å². The van der Waals surface area contributed by atoms with Crippen molar-refractivity contribution in [3.63, 3.8) is 0 Å². The molecule has 3 rings (SSSR count). The van der Waals surface area contributed by atoms with E-state index in [1.165, 1.54) is 4.90 Å². The van der Waals surface area contributed by atoms with Gasteiger partial charge < -0.3 is 14.4 Å². The maximum Gasteiger partial charge on any atom is 0.359 e. The second-order valence-corrected chi connectivity index (χ2v) is 6.08. The number of nitrogens with zero attached hydrogens (tertiary/aromatic N) is 2. The second-order valence-electron chi connectivity index (χ2n) is 6.08. The van der Waals surface area contributed by atoms with Crippen LogP contribution in [0.25, 0.3) is 10.8 Å². The van der Waals surface area contributed by atoms with E-state index in [0.29, 0.717) is 23.1 Å². The third-order valence-corrected chi connectivity index (χ3v) is 4.24. The number of esters is 1. The van der Waals surface area contributed by atoms with E-state index in [-0.39, 0.29) is 11.6 Å². The van der Waals surface area contributed by atoms with Crippen LogP contribution in [0, 0.1) is 0 Å². The summed E-state index contributed by atoms with van der Waals surface area (Å²) < 4.78 is 10.4. The monoisotopic (exact) mass is 381 g/mol. The molecule has 0 fully saturated rings. The highest BCUT2D eigenvalue weighted by atomic mass is 16.5. The van der Waals surface area contributed by atoms with Crippen LogP contribution in [0.3, 0.4) is 0 Å². The molecule has 0 aliphatic carbocycles. The zero-order valence-corrected chi connectivity index (χ0v) is 15.5. The van der Waals surface area contributed by atoms with Gasteiger partial charge >= 0.3 is 5.97 Å². The largest absolute Gasteiger partial charge is 0.496 e. The van der Waals surface area contributed by atoms with E-state index in [1.807, 2.05) is 18.2 Å². The lowest BCUT2D eigenvalue weighted by atomic mass is 10.1. The average Bonchev–Trinajstić information content (AvgIpc) is 2.72. The number of carbonyl (C=O) groups excluding carboxylic acids is 2. The molecule has 1 amide bonds. The summed E-state index contributed by atoms with van der Waals surface area (Å²) in [4.78, 5) is 37.9. The summed E-state index contributed by atoms with van der Waals surface area (Å²) in [5, 5.41) is 6.72. The number of benzene rings is 2. The molecule has 28 heavy (non-hydrogen) atoms. The number of fused-ring (bicyclic) bond motifs is 1. The zero-order chi connectivity index (χ0) is 20.1. The molecule has 0 aliphatic rings. The Morgan fingerprint density at radius 3 is 2.50 bits per heavy atom. The molecule has 0 bridgehead atoms. The van der Waals surface area contributed by atoms with Gasteiger partial charge in [-0.25, -0.2) is 9.89 Å². The smallest absolute Gasteiger partial charge is 0.359 e. The number of para-hydroxylation sites is 1. The Balaban J connectivity index is 1.67. The van der Waals surface area contributed by atoms with Crippen molar-refractivity contribution < 1.29 is 19.1 Å². The van der Waals surface area contributed by atoms with Crippen molar-refractivity contribution in [2.75, 3.05) is 20.8 Å². The van der Waals surface area contributed by atoms with Gasteiger partial charge in [0.2, 0.25) is 0 Å². The second kappa shape index (κ2) is 8.34. The van der Waals surface area contributed by atoms with Gasteiger partial charge in [0.15, 0.2) is 12.3 Å². The highest BCUT2D eigenvalue weighted by Gasteiger charge is 2.18. The molecule has 0 saturated carbocycles. The first-order valence-corrected chi connectivity index (χ1v) is 8.51. The van der Waals surface area contributed by atoms with Gasteiger partial charge in [-0.1, -0.05) is 36.4 Å². The lowest BCUT2D eigenvalue weighted by Gasteiger charge is -2.18. The molecule has 0 atom stereocenters. The van der Waals surface area contributed by atoms with Gasteiger partial charge in [0.1, 0.15) is 5.75 Å². The lowest BCUT2D eigenvalue weighted by Crippen LogP contribution is -2.31. The Hall–Kier alpha value is -3.68. The van der Waals surface area contributed by atoms with E-state index in [2.05, 4.69) is 10.2 Å². The van der Waals surface area contributed by atoms with Crippen molar-refractivity contribution in [3.8, 4) is 5.75 Å². The van der Waals surface area contributed by atoms with Gasteiger partial charge in [-0.15, -0.1) is 0 Å². The fourth-order valence-electron chi connectivity index (χ4n) is 2.75. The topological polar surface area (TPSA) is 102 Å². The van der Waals surface area contributed by atoms with Gasteiger partial charge in [0.05, 0.1) is 12.5 Å². The minimum atomic E-state index is -0.786. The minimum Gasteiger partial charge on any atom is -0.496 e. The minimum absolute atomic E-state index is 0.0459. The van der Waals surface area contributed by atoms with Crippen LogP contribution in [0.2, 0.25) is 0 Å². The number of likely N-dealkylation sites (N-methyl/N-ethyl adjacent to an activating group) is 1. The highest BCUT2D eigenvalue weighted by Crippen LogP contribution is 2.19. The van der Waals surface area contributed by atoms with Crippen molar-refractivity contribution in [3.05, 3.63) is 70.1 Å². The van der Waals surface area contributed by atoms with Crippen molar-refractivity contribution >= 4 is 22.6 Å². The van der Waals surface area contributed by atoms with Crippen LogP contribution in [0.15, 0.2) is 53.3 Å². The Kier molecular flexibility index (Phi) is 5.69. The van der Waals surface area contributed by atoms with Crippen LogP contribution < -0.4 is 10.3 Å². The third-order valence-electron chi connectivity index (χ3n) is 4.24. The molecular weight excluding hydrogens is 362 g/mol. The maximum atomic E-state index is 12.4. The standard InChI is InChI=1S/C20H19N3O5/c1-23(11-13-7-3-6-10-16(13)27-2)17(24)12-28-20(26)18-14-8-4-5-9-15(14)19(25)22-21-18/h3-10H,11-12H2,1-2H3,(H,22,25). The van der Waals surface area contributed by atoms with Crippen LogP contribution in [0.1, 0.15) is 16.1 Å². The number of nitrogens with one attached hydrogen (secondary N) is 1. The fourth-order valence-corrected chi connectivity index (χ4v) is 2.75. The first-order valence-electron chi connectivity index (χ1n) is 8.51. The van der Waals surface area contributed by atoms with E-state index in [0.717, 1.165) is 5.56 Å². The molecule has 8 nitrogen and oxygen atoms in total. The summed E-state index contributed by atoms with van der Waals surface area (Å²) in [5.41, 5.74) is 0.385. The molecule has 1 heterocycles. The fraction of sp³-hybridized carbons (Fsp3) is 0.200. The SMILES string of the molecule is COc1ccccc1CN(C)C(=O)COC(=O)c1n[nH]c(=O)c2ccccc12. The molecule has 1 N–H and O–H groups in total. The first-order chi connectivity index (χ1) is 13.5. The summed E-state index contributed by atoms with van der Waals surface area (Å²) in [6.45, 7) is -0.139. The molecule has 1 aromatic heterocycles. The number of carbonyl (C=O) groups is 2. The molecule has 0 unspecified atom stereocenters. The number of H-pyrrole nitrogens is 1. The molecule has 2 aromatic carbocycles. The van der Waals surface area contributed by atoms with Gasteiger partial charge in [-0.3, -0.25) is 9.59 Å². The summed E-state index contributed by atoms with van der Waals surface area (Å²) in [6.07, 6.45) is 0. The summed E-state index contributed by atoms with van der Waals surface area (Å²) in [6, 6.07) is 13.9. The number of aromatic nitrogens is 2. The molecule has 0 spiro atoms. The van der Waals surface area contributed by atoms with E-state index in [1.54, 1.807) is 44.5 Å². The zero-order valence-electron chi connectivity index (χ0n) is 15.5. The van der Waals surface area contributed by atoms with Gasteiger partial charge in [-0.05, 0) is 12.1 Å². The Morgan fingerprint density at radius 1 is 1.07 bits per heavy atom. The number of methoxy groups -OCH3 is 1. The van der Waals surface area contributed by atoms with E-state index in [9.17, 15) is 14.4 Å². The van der Waals surface area contributed by atoms with Crippen LogP contribution in [-0.4, -0.2) is 47.7 Å². The van der Waals surface area contributed by atoms with Crippen LogP contribution in [0.5, 0.6) is 5.75 Å². The molecule has 8 heteroatoms. The maximum absolute atomic E-state index is 12.4. The number of ether oxygens (including phenoxy) is 2. The van der Waals surface area contributed by atoms with Crippen molar-refractivity contribution in [2.24, 2.45) is 0 Å². The normalized spacial score (nSPS) is 10.5. The van der Waals surface area contributed by atoms with Gasteiger partial charge in [0, 0.05) is 24.5 Å². The number of hydrogen-bond donors (Lipinski definition) is 1. The number of aromatic amines is 1. The van der Waals surface area contributed by atoms with Crippen LogP contribution >= 0.6 is 0 Å². The third kappa shape index (κ3) is 4.01. The number of amides is 1. The van der Waals surface area contributed by atoms with Crippen molar-refractivity contribution in [1.29, 1.82) is 0 Å². The lowest BCUT2D eigenvalue weighted by molar-refractivity contribution is -0.133. The van der Waals surface area contributed by atoms with Gasteiger partial charge in [0.25, 0.3) is 11.5 Å². The summed E-state index contributed by atoms with van der Waals surface area (Å²) in [5.74, 6) is -0.498. The van der Waals surface area contributed by atoms with E-state index >= 15 is 0 Å². The Morgan fingerprint density at radius 2 is 1.75 bits per heavy atom. The highest BCUT2D eigenvalue weighted by molar-refractivity contribution is 6.02. The van der Waals surface area contributed by atoms with E-state index < -0.39 is 18.1 Å². The molecule has 0 aliphatic heterocycles. The molecule has 144 valence electrons. The predicted molar refractivity (Wildman–Crippen MR) is 102 cm³/mol. The predicted octanol–water partition coefficient (Wildman–Crippen LogP) is 1.75. The Bertz CT molecular complexity index is 1080. The number of rotatable bonds is 6. The van der Waals surface area contributed by atoms with E-state index in [4.69, 9.17) is 9.47 Å². The molecule has 0 saturated heterocycles. The van der Waals surface area contributed by atoms with Gasteiger partial charge in [-0.2, -0.15) is 5.10 Å². The Labute approximate surface area is 160 Å². The molecular formula is C20H19N3O5. The summed E-state index contributed by atoms with van der Waals surface area (Å²) in [7, 11) is 3.17. The molecule has 3 aromatic rings. The van der Waals surface area contributed by atoms with Crippen LogP contribution in [-0.2, 0) is 16.1 Å².